The van der Waals surface area contributed by atoms with Crippen LogP contribution in [-0.2, 0) is 4.79 Å². The van der Waals surface area contributed by atoms with Gasteiger partial charge in [-0.1, -0.05) is 56.5 Å². The molecule has 0 aromatic carbocycles. The van der Waals surface area contributed by atoms with E-state index in [1.807, 2.05) is 0 Å². The molecule has 9 atom stereocenters. The van der Waals surface area contributed by atoms with Crippen LogP contribution < -0.4 is 0 Å². The minimum Gasteiger partial charge on any atom is -0.299 e. The number of carbonyl (C=O) groups excluding carboxylic acids is 1. The van der Waals surface area contributed by atoms with Crippen molar-refractivity contribution >= 4 is 21.7 Å². The zero-order chi connectivity index (χ0) is 20.8. The average Bonchev–Trinajstić information content (AvgIpc) is 3.08. The van der Waals surface area contributed by atoms with E-state index in [9.17, 15) is 4.79 Å². The van der Waals surface area contributed by atoms with E-state index in [4.69, 9.17) is 0 Å². The van der Waals surface area contributed by atoms with Crippen molar-refractivity contribution < 1.29 is 4.79 Å². The van der Waals surface area contributed by atoms with Gasteiger partial charge < -0.3 is 0 Å². The van der Waals surface area contributed by atoms with Crippen LogP contribution in [0.25, 0.3) is 0 Å². The second-order valence-electron chi connectivity index (χ2n) is 12.2. The predicted molar refractivity (Wildman–Crippen MR) is 126 cm³/mol. The van der Waals surface area contributed by atoms with E-state index in [0.29, 0.717) is 22.5 Å². The predicted octanol–water partition coefficient (Wildman–Crippen LogP) is 8.05. The smallest absolute Gasteiger partial charge is 0.136 e. The van der Waals surface area contributed by atoms with Crippen LogP contribution in [0.1, 0.15) is 105 Å². The molecule has 0 N–H and O–H groups in total. The summed E-state index contributed by atoms with van der Waals surface area (Å²) >= 11 is 3.48. The van der Waals surface area contributed by atoms with E-state index >= 15 is 0 Å². The third-order valence-corrected chi connectivity index (χ3v) is 11.9. The zero-order valence-corrected chi connectivity index (χ0v) is 21.1. The van der Waals surface area contributed by atoms with Crippen LogP contribution in [0.2, 0.25) is 0 Å². The number of hydrogen-bond donors (Lipinski definition) is 0. The van der Waals surface area contributed by atoms with Gasteiger partial charge in [0, 0.05) is 17.7 Å². The zero-order valence-electron chi connectivity index (χ0n) is 19.5. The summed E-state index contributed by atoms with van der Waals surface area (Å²) in [7, 11) is 0. The number of fused-ring (bicyclic) bond motifs is 5. The van der Waals surface area contributed by atoms with E-state index in [2.05, 4.69) is 43.6 Å². The lowest BCUT2D eigenvalue weighted by Gasteiger charge is -2.61. The molecule has 2 heteroatoms. The van der Waals surface area contributed by atoms with Crippen molar-refractivity contribution in [3.63, 3.8) is 0 Å². The minimum atomic E-state index is 0.177. The molecule has 4 aliphatic carbocycles. The summed E-state index contributed by atoms with van der Waals surface area (Å²) in [5.74, 6) is 6.19. The summed E-state index contributed by atoms with van der Waals surface area (Å²) in [5.41, 5.74) is 1.20. The normalized spacial score (nSPS) is 46.3. The van der Waals surface area contributed by atoms with Gasteiger partial charge in [-0.3, -0.25) is 4.79 Å². The Labute approximate surface area is 188 Å². The second kappa shape index (κ2) is 8.59. The number of hydrogen-bond acceptors (Lipinski definition) is 1. The molecule has 4 rings (SSSR count). The minimum absolute atomic E-state index is 0.177. The number of halogens is 1. The molecule has 0 saturated heterocycles. The van der Waals surface area contributed by atoms with Gasteiger partial charge in [0.25, 0.3) is 0 Å². The molecule has 0 aromatic rings. The number of carbonyl (C=O) groups is 1. The van der Waals surface area contributed by atoms with Crippen LogP contribution in [0.3, 0.4) is 0 Å². The van der Waals surface area contributed by atoms with Crippen molar-refractivity contribution in [2.75, 3.05) is 5.33 Å². The quantitative estimate of drug-likeness (QED) is 0.363. The fourth-order valence-corrected chi connectivity index (χ4v) is 9.54. The summed E-state index contributed by atoms with van der Waals surface area (Å²) < 4.78 is 0. The molecule has 0 spiro atoms. The van der Waals surface area contributed by atoms with Crippen molar-refractivity contribution in [1.82, 2.24) is 0 Å². The summed E-state index contributed by atoms with van der Waals surface area (Å²) in [6.07, 6.45) is 16.8. The largest absolute Gasteiger partial charge is 0.299 e. The van der Waals surface area contributed by atoms with Gasteiger partial charge >= 0.3 is 0 Å². The van der Waals surface area contributed by atoms with Crippen LogP contribution >= 0.6 is 15.9 Å². The van der Waals surface area contributed by atoms with Crippen molar-refractivity contribution in [2.45, 2.75) is 105 Å². The number of ketones is 1. The summed E-state index contributed by atoms with van der Waals surface area (Å²) in [6.45, 7) is 9.90. The first-order valence-electron chi connectivity index (χ1n) is 12.9. The van der Waals surface area contributed by atoms with E-state index in [1.165, 1.54) is 64.2 Å². The van der Waals surface area contributed by atoms with Crippen molar-refractivity contribution in [1.29, 1.82) is 0 Å². The molecule has 0 bridgehead atoms. The molecule has 2 unspecified atom stereocenters. The standard InChI is InChI=1S/C27H45BrO/c1-18(8-13-25(29)19(2)17-28)22-11-12-23-21-10-9-20-7-5-6-15-26(20,3)24(21)14-16-27(22,23)4/h18-24H,5-17H2,1-4H3/t18-,19?,20?,21+,22-,23+,24+,26+,27-/m1/s1. The first-order chi connectivity index (χ1) is 13.8. The SMILES string of the molecule is CC(CBr)C(=O)CC[C@@H](C)[C@H]1CC[C@H]2[C@@H]3CCC4CCCC[C@]4(C)[C@H]3CC[C@]12C. The maximum atomic E-state index is 12.4. The van der Waals surface area contributed by atoms with Gasteiger partial charge in [-0.25, -0.2) is 0 Å². The van der Waals surface area contributed by atoms with Crippen molar-refractivity contribution in [3.8, 4) is 0 Å². The maximum absolute atomic E-state index is 12.4. The highest BCUT2D eigenvalue weighted by atomic mass is 79.9. The van der Waals surface area contributed by atoms with Gasteiger partial charge in [0.1, 0.15) is 5.78 Å². The summed E-state index contributed by atoms with van der Waals surface area (Å²) in [6, 6.07) is 0. The highest BCUT2D eigenvalue weighted by Crippen LogP contribution is 2.68. The monoisotopic (exact) mass is 464 g/mol. The van der Waals surface area contributed by atoms with Crippen LogP contribution in [0.5, 0.6) is 0 Å². The Morgan fingerprint density at radius 1 is 0.931 bits per heavy atom. The highest BCUT2D eigenvalue weighted by Gasteiger charge is 2.60. The van der Waals surface area contributed by atoms with Gasteiger partial charge in [0.2, 0.25) is 0 Å². The molecule has 0 radical (unpaired) electrons. The Morgan fingerprint density at radius 3 is 2.45 bits per heavy atom. The van der Waals surface area contributed by atoms with Gasteiger partial charge in [0.15, 0.2) is 0 Å². The Balaban J connectivity index is 1.44. The van der Waals surface area contributed by atoms with Crippen LogP contribution in [0.4, 0.5) is 0 Å². The van der Waals surface area contributed by atoms with E-state index in [0.717, 1.165) is 47.8 Å². The lowest BCUT2D eigenvalue weighted by molar-refractivity contribution is -0.123. The molecule has 4 aliphatic rings. The molecular weight excluding hydrogens is 420 g/mol. The molecule has 0 heterocycles. The fraction of sp³-hybridized carbons (Fsp3) is 0.963. The molecule has 1 nitrogen and oxygen atoms in total. The van der Waals surface area contributed by atoms with Crippen molar-refractivity contribution in [2.24, 2.45) is 52.3 Å². The lowest BCUT2D eigenvalue weighted by atomic mass is 9.44. The molecular formula is C27H45BrO. The molecule has 0 amide bonds. The van der Waals surface area contributed by atoms with Crippen LogP contribution in [-0.4, -0.2) is 11.1 Å². The van der Waals surface area contributed by atoms with Crippen molar-refractivity contribution in [3.05, 3.63) is 0 Å². The Bertz CT molecular complexity index is 601. The molecule has 0 aliphatic heterocycles. The topological polar surface area (TPSA) is 17.1 Å². The van der Waals surface area contributed by atoms with Gasteiger partial charge in [-0.2, -0.15) is 0 Å². The fourth-order valence-electron chi connectivity index (χ4n) is 9.17. The number of alkyl halides is 1. The van der Waals surface area contributed by atoms with Crippen LogP contribution in [0.15, 0.2) is 0 Å². The number of rotatable bonds is 6. The van der Waals surface area contributed by atoms with Gasteiger partial charge in [0.05, 0.1) is 0 Å². The lowest BCUT2D eigenvalue weighted by Crippen LogP contribution is -2.53. The summed E-state index contributed by atoms with van der Waals surface area (Å²) in [5, 5.41) is 0.812. The molecule has 4 fully saturated rings. The summed E-state index contributed by atoms with van der Waals surface area (Å²) in [4.78, 5) is 12.4. The second-order valence-corrected chi connectivity index (χ2v) is 12.8. The third-order valence-electron chi connectivity index (χ3n) is 11.0. The third kappa shape index (κ3) is 3.80. The average molecular weight is 466 g/mol. The van der Waals surface area contributed by atoms with E-state index in [1.54, 1.807) is 0 Å². The Hall–Kier alpha value is 0.150. The molecule has 4 saturated carbocycles. The maximum Gasteiger partial charge on any atom is 0.136 e. The Morgan fingerprint density at radius 2 is 1.69 bits per heavy atom. The molecule has 166 valence electrons. The molecule has 29 heavy (non-hydrogen) atoms. The Kier molecular flexibility index (Phi) is 6.62. The van der Waals surface area contributed by atoms with Gasteiger partial charge in [-0.05, 0) is 104 Å². The van der Waals surface area contributed by atoms with E-state index in [-0.39, 0.29) is 5.92 Å². The first kappa shape index (κ1) is 22.3. The molecule has 0 aromatic heterocycles. The highest BCUT2D eigenvalue weighted by molar-refractivity contribution is 9.09. The first-order valence-corrected chi connectivity index (χ1v) is 14.0. The number of Topliss-reactive ketones (excluding diaryl/α,β-unsaturated/α-hetero) is 1. The van der Waals surface area contributed by atoms with Gasteiger partial charge in [-0.15, -0.1) is 0 Å². The van der Waals surface area contributed by atoms with E-state index < -0.39 is 0 Å². The van der Waals surface area contributed by atoms with Crippen LogP contribution in [0, 0.1) is 52.3 Å².